The number of halogens is 1. The number of hydrogen-bond donors (Lipinski definition) is 0. The molecule has 15 heavy (non-hydrogen) atoms. The molecule has 2 aromatic rings. The van der Waals surface area contributed by atoms with E-state index in [0.717, 1.165) is 21.1 Å². The van der Waals surface area contributed by atoms with Crippen LogP contribution in [0.4, 0.5) is 0 Å². The first-order valence-corrected chi connectivity index (χ1v) is 5.56. The summed E-state index contributed by atoms with van der Waals surface area (Å²) in [5.74, 6) is 0. The number of carbonyl (C=O) groups excluding carboxylic acids is 1. The van der Waals surface area contributed by atoms with Gasteiger partial charge in [-0.05, 0) is 47.2 Å². The third-order valence-electron chi connectivity index (χ3n) is 2.15. The smallest absolute Gasteiger partial charge is 0.170 e. The second-order valence-corrected chi connectivity index (χ2v) is 4.37. The van der Waals surface area contributed by atoms with Crippen LogP contribution in [0.15, 0.2) is 30.5 Å². The van der Waals surface area contributed by atoms with Crippen molar-refractivity contribution in [3.05, 3.63) is 45.3 Å². The maximum atomic E-state index is 10.7. The molecule has 0 atom stereocenters. The number of para-hydroxylation sites is 1. The van der Waals surface area contributed by atoms with Gasteiger partial charge < -0.3 is 0 Å². The van der Waals surface area contributed by atoms with Crippen LogP contribution in [0, 0.1) is 10.5 Å². The van der Waals surface area contributed by atoms with Crippen LogP contribution in [-0.4, -0.2) is 16.1 Å². The van der Waals surface area contributed by atoms with E-state index in [4.69, 9.17) is 0 Å². The number of aldehydes is 1. The molecule has 2 rings (SSSR count). The molecule has 1 heterocycles. The Morgan fingerprint density at radius 1 is 1.40 bits per heavy atom. The molecule has 0 aliphatic heterocycles. The average Bonchev–Trinajstić information content (AvgIpc) is 2.60. The second-order valence-electron chi connectivity index (χ2n) is 3.21. The number of rotatable bonds is 2. The molecule has 1 aromatic carbocycles. The lowest BCUT2D eigenvalue weighted by Crippen LogP contribution is -1.97. The molecule has 0 fully saturated rings. The lowest BCUT2D eigenvalue weighted by atomic mass is 10.3. The minimum Gasteiger partial charge on any atom is -0.296 e. The molecule has 3 nitrogen and oxygen atoms in total. The van der Waals surface area contributed by atoms with Gasteiger partial charge in [0, 0.05) is 9.77 Å². The van der Waals surface area contributed by atoms with E-state index in [1.54, 1.807) is 4.68 Å². The van der Waals surface area contributed by atoms with Crippen LogP contribution in [0.5, 0.6) is 0 Å². The van der Waals surface area contributed by atoms with Crippen molar-refractivity contribution in [1.82, 2.24) is 9.78 Å². The number of benzene rings is 1. The van der Waals surface area contributed by atoms with Crippen molar-refractivity contribution in [2.75, 3.05) is 0 Å². The van der Waals surface area contributed by atoms with Crippen molar-refractivity contribution in [3.63, 3.8) is 0 Å². The lowest BCUT2D eigenvalue weighted by molar-refractivity contribution is 0.111. The van der Waals surface area contributed by atoms with E-state index in [0.29, 0.717) is 5.69 Å². The quantitative estimate of drug-likeness (QED) is 0.631. The zero-order valence-corrected chi connectivity index (χ0v) is 10.3. The minimum atomic E-state index is 0.495. The first-order chi connectivity index (χ1) is 7.22. The summed E-state index contributed by atoms with van der Waals surface area (Å²) in [4.78, 5) is 10.7. The fraction of sp³-hybridized carbons (Fsp3) is 0.0909. The Hall–Kier alpha value is -1.17. The van der Waals surface area contributed by atoms with Gasteiger partial charge in [0.25, 0.3) is 0 Å². The molecular weight excluding hydrogens is 303 g/mol. The minimum absolute atomic E-state index is 0.495. The Kier molecular flexibility index (Phi) is 2.86. The average molecular weight is 312 g/mol. The molecule has 0 aliphatic rings. The Labute approximate surface area is 101 Å². The Bertz CT molecular complexity index is 505. The van der Waals surface area contributed by atoms with Gasteiger partial charge in [-0.1, -0.05) is 12.1 Å². The Morgan fingerprint density at radius 3 is 2.73 bits per heavy atom. The maximum Gasteiger partial charge on any atom is 0.170 e. The largest absolute Gasteiger partial charge is 0.296 e. The summed E-state index contributed by atoms with van der Waals surface area (Å²) in [5, 5.41) is 4.20. The third kappa shape index (κ3) is 1.94. The van der Waals surface area contributed by atoms with Crippen LogP contribution in [0.3, 0.4) is 0 Å². The van der Waals surface area contributed by atoms with Gasteiger partial charge in [0.1, 0.15) is 5.69 Å². The van der Waals surface area contributed by atoms with Crippen LogP contribution >= 0.6 is 22.6 Å². The van der Waals surface area contributed by atoms with Crippen LogP contribution in [0.1, 0.15) is 16.1 Å². The predicted octanol–water partition coefficient (Wildman–Crippen LogP) is 2.60. The summed E-state index contributed by atoms with van der Waals surface area (Å²) in [6.07, 6.45) is 2.64. The van der Waals surface area contributed by atoms with Crippen molar-refractivity contribution >= 4 is 28.9 Å². The van der Waals surface area contributed by atoms with Gasteiger partial charge in [-0.15, -0.1) is 0 Å². The zero-order chi connectivity index (χ0) is 10.8. The number of aryl methyl sites for hydroxylation is 1. The highest BCUT2D eigenvalue weighted by molar-refractivity contribution is 14.1. The second kappa shape index (κ2) is 4.14. The highest BCUT2D eigenvalue weighted by atomic mass is 127. The van der Waals surface area contributed by atoms with E-state index >= 15 is 0 Å². The van der Waals surface area contributed by atoms with Gasteiger partial charge in [-0.3, -0.25) is 4.79 Å². The molecule has 0 saturated carbocycles. The molecule has 4 heteroatoms. The van der Waals surface area contributed by atoms with E-state index in [9.17, 15) is 4.79 Å². The molecule has 0 bridgehead atoms. The molecule has 0 aliphatic carbocycles. The fourth-order valence-electron chi connectivity index (χ4n) is 1.35. The van der Waals surface area contributed by atoms with Gasteiger partial charge in [-0.2, -0.15) is 5.10 Å². The van der Waals surface area contributed by atoms with Crippen molar-refractivity contribution in [2.24, 2.45) is 0 Å². The van der Waals surface area contributed by atoms with Crippen LogP contribution in [-0.2, 0) is 0 Å². The monoisotopic (exact) mass is 312 g/mol. The van der Waals surface area contributed by atoms with Gasteiger partial charge in [0.05, 0.1) is 5.69 Å². The Balaban J connectivity index is 2.55. The molecule has 0 spiro atoms. The van der Waals surface area contributed by atoms with Crippen molar-refractivity contribution in [2.45, 2.75) is 6.92 Å². The normalized spacial score (nSPS) is 10.3. The topological polar surface area (TPSA) is 34.9 Å². The summed E-state index contributed by atoms with van der Waals surface area (Å²) in [7, 11) is 0. The lowest BCUT2D eigenvalue weighted by Gasteiger charge is -2.02. The van der Waals surface area contributed by atoms with E-state index in [1.165, 1.54) is 0 Å². The highest BCUT2D eigenvalue weighted by Gasteiger charge is 2.06. The zero-order valence-electron chi connectivity index (χ0n) is 8.14. The number of nitrogens with zero attached hydrogens (tertiary/aromatic N) is 2. The van der Waals surface area contributed by atoms with Gasteiger partial charge in [-0.25, -0.2) is 4.68 Å². The maximum absolute atomic E-state index is 10.7. The molecule has 0 radical (unpaired) electrons. The number of carbonyl (C=O) groups is 1. The summed E-state index contributed by atoms with van der Waals surface area (Å²) in [5.41, 5.74) is 2.38. The molecule has 0 saturated heterocycles. The van der Waals surface area contributed by atoms with Crippen molar-refractivity contribution < 1.29 is 4.79 Å². The molecular formula is C11H9IN2O. The van der Waals surface area contributed by atoms with Crippen LogP contribution in [0.2, 0.25) is 0 Å². The number of aromatic nitrogens is 2. The van der Waals surface area contributed by atoms with Gasteiger partial charge >= 0.3 is 0 Å². The van der Waals surface area contributed by atoms with Crippen LogP contribution in [0.25, 0.3) is 5.69 Å². The summed E-state index contributed by atoms with van der Waals surface area (Å²) >= 11 is 2.25. The number of hydrogen-bond acceptors (Lipinski definition) is 2. The molecule has 0 N–H and O–H groups in total. The summed E-state index contributed by atoms with van der Waals surface area (Å²) in [6, 6.07) is 7.91. The standard InChI is InChI=1S/C11H9IN2O/c1-8-6-14(13-10(8)7-15)11-5-3-2-4-9(11)12/h2-7H,1H3. The highest BCUT2D eigenvalue weighted by Crippen LogP contribution is 2.17. The molecule has 1 aromatic heterocycles. The first kappa shape index (κ1) is 10.4. The molecule has 76 valence electrons. The van der Waals surface area contributed by atoms with E-state index in [1.807, 2.05) is 37.4 Å². The van der Waals surface area contributed by atoms with E-state index < -0.39 is 0 Å². The SMILES string of the molecule is Cc1cn(-c2ccccc2I)nc1C=O. The first-order valence-electron chi connectivity index (χ1n) is 4.48. The van der Waals surface area contributed by atoms with E-state index in [2.05, 4.69) is 27.7 Å². The van der Waals surface area contributed by atoms with E-state index in [-0.39, 0.29) is 0 Å². The fourth-order valence-corrected chi connectivity index (χ4v) is 1.99. The van der Waals surface area contributed by atoms with Gasteiger partial charge in [0.2, 0.25) is 0 Å². The summed E-state index contributed by atoms with van der Waals surface area (Å²) in [6.45, 7) is 1.88. The Morgan fingerprint density at radius 2 is 2.13 bits per heavy atom. The van der Waals surface area contributed by atoms with Crippen LogP contribution < -0.4 is 0 Å². The molecule has 0 amide bonds. The van der Waals surface area contributed by atoms with Gasteiger partial charge in [0.15, 0.2) is 6.29 Å². The molecule has 0 unspecified atom stereocenters. The summed E-state index contributed by atoms with van der Waals surface area (Å²) < 4.78 is 2.84. The van der Waals surface area contributed by atoms with Crippen molar-refractivity contribution in [1.29, 1.82) is 0 Å². The van der Waals surface area contributed by atoms with Crippen molar-refractivity contribution in [3.8, 4) is 5.69 Å². The predicted molar refractivity (Wildman–Crippen MR) is 66.4 cm³/mol. The third-order valence-corrected chi connectivity index (χ3v) is 3.06.